The van der Waals surface area contributed by atoms with Gasteiger partial charge in [0.05, 0.1) is 16.4 Å². The lowest BCUT2D eigenvalue weighted by atomic mass is 10.2. The number of nitrogens with zero attached hydrogens (tertiary/aromatic N) is 1. The minimum absolute atomic E-state index is 0.0130. The highest BCUT2D eigenvalue weighted by Gasteiger charge is 2.36. The summed E-state index contributed by atoms with van der Waals surface area (Å²) in [5.74, 6) is -1.56. The fraction of sp³-hybridized carbons (Fsp3) is 0.556. The van der Waals surface area contributed by atoms with E-state index >= 15 is 0 Å². The van der Waals surface area contributed by atoms with Crippen LogP contribution in [0.5, 0.6) is 0 Å². The summed E-state index contributed by atoms with van der Waals surface area (Å²) in [4.78, 5) is 26.3. The van der Waals surface area contributed by atoms with Crippen LogP contribution in [0.2, 0.25) is 5.02 Å². The van der Waals surface area contributed by atoms with Crippen molar-refractivity contribution >= 4 is 43.3 Å². The molecule has 1 N–H and O–H groups in total. The van der Waals surface area contributed by atoms with Gasteiger partial charge in [0.15, 0.2) is 15.9 Å². The number of sulfonamides is 1. The number of amides is 1. The molecule has 0 aromatic heterocycles. The van der Waals surface area contributed by atoms with Crippen LogP contribution in [0, 0.1) is 0 Å². The smallest absolute Gasteiger partial charge is 0.324 e. The predicted molar refractivity (Wildman–Crippen MR) is 111 cm³/mol. The molecule has 0 bridgehead atoms. The first-order chi connectivity index (χ1) is 13.9. The third kappa shape index (κ3) is 6.16. The topological polar surface area (TPSA) is 127 Å². The molecule has 1 saturated heterocycles. The van der Waals surface area contributed by atoms with Crippen molar-refractivity contribution in [2.75, 3.05) is 18.1 Å². The van der Waals surface area contributed by atoms with E-state index in [0.29, 0.717) is 11.4 Å². The van der Waals surface area contributed by atoms with E-state index in [2.05, 4.69) is 4.72 Å². The first-order valence-corrected chi connectivity index (χ1v) is 13.0. The minimum Gasteiger partial charge on any atom is -0.451 e. The Morgan fingerprint density at radius 3 is 2.37 bits per heavy atom. The normalized spacial score (nSPS) is 20.3. The lowest BCUT2D eigenvalue weighted by Gasteiger charge is -2.29. The third-order valence-electron chi connectivity index (χ3n) is 4.72. The molecule has 1 fully saturated rings. The van der Waals surface area contributed by atoms with Crippen LogP contribution in [-0.2, 0) is 34.2 Å². The molecule has 12 heteroatoms. The quantitative estimate of drug-likeness (QED) is 0.549. The summed E-state index contributed by atoms with van der Waals surface area (Å²) < 4.78 is 55.5. The van der Waals surface area contributed by atoms with Crippen molar-refractivity contribution in [3.8, 4) is 0 Å². The van der Waals surface area contributed by atoms with E-state index in [1.165, 1.54) is 43.0 Å². The summed E-state index contributed by atoms with van der Waals surface area (Å²) in [5.41, 5.74) is 0. The highest BCUT2D eigenvalue weighted by atomic mass is 35.5. The van der Waals surface area contributed by atoms with Gasteiger partial charge < -0.3 is 9.64 Å². The van der Waals surface area contributed by atoms with Crippen LogP contribution in [0.15, 0.2) is 29.2 Å². The van der Waals surface area contributed by atoms with Gasteiger partial charge in [0.2, 0.25) is 10.0 Å². The number of ether oxygens (including phenoxy) is 1. The number of likely N-dealkylation sites (N-methyl/N-ethyl adjacent to an activating group) is 1. The molecule has 0 spiro atoms. The Bertz CT molecular complexity index is 994. The molecule has 30 heavy (non-hydrogen) atoms. The Labute approximate surface area is 181 Å². The van der Waals surface area contributed by atoms with Gasteiger partial charge in [0.1, 0.15) is 6.04 Å². The zero-order chi connectivity index (χ0) is 22.7. The summed E-state index contributed by atoms with van der Waals surface area (Å²) in [6.45, 7) is 4.64. The average Bonchev–Trinajstić information content (AvgIpc) is 3.01. The van der Waals surface area contributed by atoms with Gasteiger partial charge in [-0.3, -0.25) is 9.59 Å². The monoisotopic (exact) mass is 480 g/mol. The molecule has 0 aliphatic carbocycles. The number of esters is 1. The Balaban J connectivity index is 1.99. The second-order valence-electron chi connectivity index (χ2n) is 7.06. The summed E-state index contributed by atoms with van der Waals surface area (Å²) in [6.07, 6.45) is -0.858. The molecule has 1 aromatic rings. The van der Waals surface area contributed by atoms with Gasteiger partial charge in [-0.1, -0.05) is 11.6 Å². The maximum Gasteiger partial charge on any atom is 0.324 e. The summed E-state index contributed by atoms with van der Waals surface area (Å²) in [6, 6.07) is 3.69. The van der Waals surface area contributed by atoms with Gasteiger partial charge in [0.25, 0.3) is 5.91 Å². The zero-order valence-electron chi connectivity index (χ0n) is 16.9. The van der Waals surface area contributed by atoms with E-state index in [-0.39, 0.29) is 22.9 Å². The Hall–Kier alpha value is -1.69. The molecule has 9 nitrogen and oxygen atoms in total. The lowest BCUT2D eigenvalue weighted by molar-refractivity contribution is -0.160. The van der Waals surface area contributed by atoms with Crippen molar-refractivity contribution in [2.45, 2.75) is 50.3 Å². The number of rotatable bonds is 8. The first kappa shape index (κ1) is 24.6. The predicted octanol–water partition coefficient (Wildman–Crippen LogP) is 0.974. The molecule has 1 aliphatic heterocycles. The van der Waals surface area contributed by atoms with Gasteiger partial charge in [0, 0.05) is 17.6 Å². The molecule has 0 radical (unpaired) electrons. The van der Waals surface area contributed by atoms with Crippen molar-refractivity contribution in [3.63, 3.8) is 0 Å². The zero-order valence-corrected chi connectivity index (χ0v) is 19.3. The molecule has 2 rings (SSSR count). The number of hydrogen-bond acceptors (Lipinski definition) is 7. The van der Waals surface area contributed by atoms with Crippen molar-refractivity contribution in [1.29, 1.82) is 0 Å². The van der Waals surface area contributed by atoms with E-state index in [1.54, 1.807) is 6.92 Å². The van der Waals surface area contributed by atoms with Crippen LogP contribution >= 0.6 is 11.6 Å². The van der Waals surface area contributed by atoms with E-state index in [4.69, 9.17) is 16.3 Å². The molecule has 168 valence electrons. The largest absolute Gasteiger partial charge is 0.451 e. The number of carbonyl (C=O) groups excluding carboxylic acids is 2. The molecule has 1 amide bonds. The second-order valence-corrected chi connectivity index (χ2v) is 11.4. The van der Waals surface area contributed by atoms with Gasteiger partial charge in [-0.15, -0.1) is 0 Å². The van der Waals surface area contributed by atoms with Gasteiger partial charge in [-0.05, 0) is 51.5 Å². The number of benzene rings is 1. The van der Waals surface area contributed by atoms with Crippen LogP contribution in [0.4, 0.5) is 0 Å². The van der Waals surface area contributed by atoms with Gasteiger partial charge in [-0.2, -0.15) is 4.72 Å². The second kappa shape index (κ2) is 9.63. The van der Waals surface area contributed by atoms with Crippen LogP contribution in [0.25, 0.3) is 0 Å². The lowest BCUT2D eigenvalue weighted by Crippen LogP contribution is -2.48. The van der Waals surface area contributed by atoms with Crippen LogP contribution in [-0.4, -0.2) is 69.9 Å². The van der Waals surface area contributed by atoms with E-state index in [1.807, 2.05) is 0 Å². The number of sulfone groups is 1. The first-order valence-electron chi connectivity index (χ1n) is 9.35. The van der Waals surface area contributed by atoms with Crippen molar-refractivity contribution in [2.24, 2.45) is 0 Å². The highest BCUT2D eigenvalue weighted by Crippen LogP contribution is 2.19. The standard InChI is InChI=1S/C18H25ClN2O7S2/c1-4-21(15-9-10-29(24,25)11-15)17(22)13(3)28-18(23)12(2)20-30(26,27)16-7-5-14(19)6-8-16/h5-8,12-13,15,20H,4,9-11H2,1-3H3/t12-,13?,15?/m0/s1. The maximum atomic E-state index is 12.7. The van der Waals surface area contributed by atoms with Crippen molar-refractivity contribution < 1.29 is 31.2 Å². The highest BCUT2D eigenvalue weighted by molar-refractivity contribution is 7.91. The molecule has 3 atom stereocenters. The Morgan fingerprint density at radius 1 is 1.27 bits per heavy atom. The van der Waals surface area contributed by atoms with Crippen LogP contribution < -0.4 is 4.72 Å². The van der Waals surface area contributed by atoms with E-state index in [9.17, 15) is 26.4 Å². The molecule has 1 heterocycles. The maximum absolute atomic E-state index is 12.7. The molecule has 0 saturated carbocycles. The SMILES string of the molecule is CCN(C(=O)C(C)OC(=O)[C@H](C)NS(=O)(=O)c1ccc(Cl)cc1)C1CCS(=O)(=O)C1. The fourth-order valence-corrected chi connectivity index (χ4v) is 6.19. The number of hydrogen-bond donors (Lipinski definition) is 1. The summed E-state index contributed by atoms with van der Waals surface area (Å²) in [5, 5.41) is 0.365. The molecule has 2 unspecified atom stereocenters. The number of carbonyl (C=O) groups is 2. The fourth-order valence-electron chi connectivity index (χ4n) is 3.14. The van der Waals surface area contributed by atoms with Crippen LogP contribution in [0.3, 0.4) is 0 Å². The summed E-state index contributed by atoms with van der Waals surface area (Å²) >= 11 is 5.75. The van der Waals surface area contributed by atoms with Crippen molar-refractivity contribution in [1.82, 2.24) is 9.62 Å². The third-order valence-corrected chi connectivity index (χ3v) is 8.28. The Morgan fingerprint density at radius 2 is 1.87 bits per heavy atom. The van der Waals surface area contributed by atoms with E-state index < -0.39 is 49.9 Å². The Kier molecular flexibility index (Phi) is 7.89. The number of nitrogens with one attached hydrogen (secondary N) is 1. The minimum atomic E-state index is -4.00. The molecule has 1 aromatic carbocycles. The molecular weight excluding hydrogens is 456 g/mol. The number of halogens is 1. The van der Waals surface area contributed by atoms with Crippen LogP contribution in [0.1, 0.15) is 27.2 Å². The average molecular weight is 481 g/mol. The molecule has 1 aliphatic rings. The van der Waals surface area contributed by atoms with E-state index in [0.717, 1.165) is 0 Å². The van der Waals surface area contributed by atoms with Crippen molar-refractivity contribution in [3.05, 3.63) is 29.3 Å². The van der Waals surface area contributed by atoms with Gasteiger partial charge >= 0.3 is 5.97 Å². The van der Waals surface area contributed by atoms with Gasteiger partial charge in [-0.25, -0.2) is 16.8 Å². The molecular formula is C18H25ClN2O7S2. The summed E-state index contributed by atoms with van der Waals surface area (Å²) in [7, 11) is -7.18.